The third-order valence-corrected chi connectivity index (χ3v) is 7.50. The van der Waals surface area contributed by atoms with Gasteiger partial charge in [-0.3, -0.25) is 9.10 Å². The highest BCUT2D eigenvalue weighted by molar-refractivity contribution is 7.92. The lowest BCUT2D eigenvalue weighted by Crippen LogP contribution is -2.48. The quantitative estimate of drug-likeness (QED) is 0.590. The molecular formula is C24H23ClN2O4S. The number of halogens is 1. The number of ether oxygens (including phenoxy) is 1. The van der Waals surface area contributed by atoms with Crippen molar-refractivity contribution in [3.8, 4) is 5.75 Å². The van der Waals surface area contributed by atoms with Crippen LogP contribution in [-0.4, -0.2) is 27.0 Å². The van der Waals surface area contributed by atoms with E-state index in [9.17, 15) is 13.2 Å². The Morgan fingerprint density at radius 3 is 2.41 bits per heavy atom. The number of fused-ring (bicyclic) bond motifs is 1. The first kappa shape index (κ1) is 22.2. The third kappa shape index (κ3) is 4.31. The fourth-order valence-corrected chi connectivity index (χ4v) is 5.10. The second-order valence-corrected chi connectivity index (χ2v) is 10.2. The van der Waals surface area contributed by atoms with Crippen LogP contribution in [0.2, 0.25) is 5.02 Å². The SMILES string of the molecule is Cc1ccc(S(=O)(=O)N2C[C@H](C(=O)Nc3ccc(C)c(C)c3)Oc3ccc(Cl)cc32)cc1. The monoisotopic (exact) mass is 470 g/mol. The van der Waals surface area contributed by atoms with Gasteiger partial charge in [-0.25, -0.2) is 8.42 Å². The number of benzene rings is 3. The molecule has 0 aliphatic carbocycles. The summed E-state index contributed by atoms with van der Waals surface area (Å²) in [4.78, 5) is 13.1. The molecular weight excluding hydrogens is 448 g/mol. The third-order valence-electron chi connectivity index (χ3n) is 5.47. The van der Waals surface area contributed by atoms with Crippen LogP contribution in [0.5, 0.6) is 5.75 Å². The summed E-state index contributed by atoms with van der Waals surface area (Å²) >= 11 is 6.14. The Balaban J connectivity index is 1.69. The number of sulfonamides is 1. The minimum absolute atomic E-state index is 0.129. The van der Waals surface area contributed by atoms with Gasteiger partial charge in [0.1, 0.15) is 5.75 Å². The van der Waals surface area contributed by atoms with Crippen molar-refractivity contribution in [2.45, 2.75) is 31.8 Å². The summed E-state index contributed by atoms with van der Waals surface area (Å²) in [7, 11) is -3.95. The summed E-state index contributed by atoms with van der Waals surface area (Å²) < 4.78 is 34.0. The highest BCUT2D eigenvalue weighted by Gasteiger charge is 2.37. The standard InChI is InChI=1S/C24H23ClN2O4S/c1-15-4-9-20(10-5-15)32(29,30)27-14-23(31-22-11-7-18(25)13-21(22)27)24(28)26-19-8-6-16(2)17(3)12-19/h4-13,23H,14H2,1-3H3,(H,26,28)/t23-/m1/s1. The zero-order chi connectivity index (χ0) is 23.0. The van der Waals surface area contributed by atoms with Crippen molar-refractivity contribution in [2.24, 2.45) is 0 Å². The molecule has 6 nitrogen and oxygen atoms in total. The Morgan fingerprint density at radius 1 is 1.00 bits per heavy atom. The number of carbonyl (C=O) groups excluding carboxylic acids is 1. The molecule has 0 spiro atoms. The zero-order valence-corrected chi connectivity index (χ0v) is 19.5. The van der Waals surface area contributed by atoms with Gasteiger partial charge in [0.25, 0.3) is 15.9 Å². The van der Waals surface area contributed by atoms with E-state index in [1.54, 1.807) is 42.5 Å². The topological polar surface area (TPSA) is 75.7 Å². The summed E-state index contributed by atoms with van der Waals surface area (Å²) in [6.07, 6.45) is -1.04. The Labute approximate surface area is 192 Å². The molecule has 1 N–H and O–H groups in total. The highest BCUT2D eigenvalue weighted by Crippen LogP contribution is 2.39. The van der Waals surface area contributed by atoms with Crippen LogP contribution in [0.25, 0.3) is 0 Å². The summed E-state index contributed by atoms with van der Waals surface area (Å²) in [5.41, 5.74) is 4.01. The van der Waals surface area contributed by atoms with Crippen LogP contribution >= 0.6 is 11.6 Å². The number of hydrogen-bond acceptors (Lipinski definition) is 4. The number of carbonyl (C=O) groups is 1. The predicted molar refractivity (Wildman–Crippen MR) is 126 cm³/mol. The van der Waals surface area contributed by atoms with Crippen molar-refractivity contribution >= 4 is 38.9 Å². The van der Waals surface area contributed by atoms with E-state index in [1.165, 1.54) is 10.4 Å². The minimum Gasteiger partial charge on any atom is -0.476 e. The molecule has 0 fully saturated rings. The predicted octanol–water partition coefficient (Wildman–Crippen LogP) is 4.86. The van der Waals surface area contributed by atoms with E-state index in [0.29, 0.717) is 16.4 Å². The van der Waals surface area contributed by atoms with Crippen LogP contribution in [0.15, 0.2) is 65.6 Å². The van der Waals surface area contributed by atoms with E-state index < -0.39 is 22.0 Å². The molecule has 0 saturated heterocycles. The molecule has 166 valence electrons. The maximum absolute atomic E-state index is 13.5. The van der Waals surface area contributed by atoms with E-state index in [4.69, 9.17) is 16.3 Å². The molecule has 32 heavy (non-hydrogen) atoms. The molecule has 0 radical (unpaired) electrons. The Hall–Kier alpha value is -3.03. The smallest absolute Gasteiger partial charge is 0.267 e. The average Bonchev–Trinajstić information content (AvgIpc) is 2.75. The lowest BCUT2D eigenvalue weighted by Gasteiger charge is -2.35. The van der Waals surface area contributed by atoms with Crippen LogP contribution in [-0.2, 0) is 14.8 Å². The highest BCUT2D eigenvalue weighted by atomic mass is 35.5. The largest absolute Gasteiger partial charge is 0.476 e. The van der Waals surface area contributed by atoms with Gasteiger partial charge in [0.05, 0.1) is 17.1 Å². The molecule has 0 bridgehead atoms. The number of hydrogen-bond donors (Lipinski definition) is 1. The molecule has 0 unspecified atom stereocenters. The number of aryl methyl sites for hydroxylation is 3. The first-order valence-electron chi connectivity index (χ1n) is 10.1. The molecule has 1 amide bonds. The number of rotatable bonds is 4. The van der Waals surface area contributed by atoms with Crippen molar-refractivity contribution in [1.29, 1.82) is 0 Å². The van der Waals surface area contributed by atoms with Gasteiger partial charge in [0.15, 0.2) is 6.10 Å². The van der Waals surface area contributed by atoms with Crippen molar-refractivity contribution in [1.82, 2.24) is 0 Å². The molecule has 1 atom stereocenters. The van der Waals surface area contributed by atoms with Crippen molar-refractivity contribution in [3.05, 3.63) is 82.4 Å². The van der Waals surface area contributed by atoms with Crippen molar-refractivity contribution in [3.63, 3.8) is 0 Å². The molecule has 3 aromatic rings. The molecule has 4 rings (SSSR count). The van der Waals surface area contributed by atoms with E-state index in [2.05, 4.69) is 5.32 Å². The fourth-order valence-electron chi connectivity index (χ4n) is 3.47. The van der Waals surface area contributed by atoms with Gasteiger partial charge >= 0.3 is 0 Å². The van der Waals surface area contributed by atoms with Crippen LogP contribution in [0.4, 0.5) is 11.4 Å². The molecule has 1 heterocycles. The molecule has 0 aromatic heterocycles. The van der Waals surface area contributed by atoms with Gasteiger partial charge < -0.3 is 10.1 Å². The second kappa shape index (κ2) is 8.48. The Kier molecular flexibility index (Phi) is 5.88. The van der Waals surface area contributed by atoms with Crippen molar-refractivity contribution < 1.29 is 17.9 Å². The lowest BCUT2D eigenvalue weighted by molar-refractivity contribution is -0.122. The van der Waals surface area contributed by atoms with Crippen LogP contribution in [0, 0.1) is 20.8 Å². The van der Waals surface area contributed by atoms with Gasteiger partial charge in [-0.1, -0.05) is 35.4 Å². The van der Waals surface area contributed by atoms with Gasteiger partial charge in [0.2, 0.25) is 0 Å². The van der Waals surface area contributed by atoms with Crippen LogP contribution < -0.4 is 14.4 Å². The number of nitrogens with one attached hydrogen (secondary N) is 1. The second-order valence-electron chi connectivity index (χ2n) is 7.86. The van der Waals surface area contributed by atoms with E-state index in [1.807, 2.05) is 32.9 Å². The van der Waals surface area contributed by atoms with Gasteiger partial charge in [-0.05, 0) is 74.4 Å². The fraction of sp³-hybridized carbons (Fsp3) is 0.208. The first-order chi connectivity index (χ1) is 15.1. The first-order valence-corrected chi connectivity index (χ1v) is 11.9. The summed E-state index contributed by atoms with van der Waals surface area (Å²) in [5, 5.41) is 3.20. The molecule has 8 heteroatoms. The summed E-state index contributed by atoms with van der Waals surface area (Å²) in [5.74, 6) is -0.158. The van der Waals surface area contributed by atoms with Crippen LogP contribution in [0.3, 0.4) is 0 Å². The summed E-state index contributed by atoms with van der Waals surface area (Å²) in [6.45, 7) is 5.65. The van der Waals surface area contributed by atoms with Crippen molar-refractivity contribution in [2.75, 3.05) is 16.2 Å². The normalized spacial score (nSPS) is 15.6. The van der Waals surface area contributed by atoms with E-state index in [-0.39, 0.29) is 17.2 Å². The Bertz CT molecular complexity index is 1290. The molecule has 3 aromatic carbocycles. The number of amides is 1. The average molecular weight is 471 g/mol. The number of anilines is 2. The zero-order valence-electron chi connectivity index (χ0n) is 17.9. The van der Waals surface area contributed by atoms with E-state index in [0.717, 1.165) is 16.7 Å². The number of nitrogens with zero attached hydrogens (tertiary/aromatic N) is 1. The molecule has 1 aliphatic heterocycles. The van der Waals surface area contributed by atoms with Gasteiger partial charge in [-0.15, -0.1) is 0 Å². The lowest BCUT2D eigenvalue weighted by atomic mass is 10.1. The van der Waals surface area contributed by atoms with Gasteiger partial charge in [-0.2, -0.15) is 0 Å². The summed E-state index contributed by atoms with van der Waals surface area (Å²) in [6, 6.07) is 16.8. The van der Waals surface area contributed by atoms with Crippen LogP contribution in [0.1, 0.15) is 16.7 Å². The maximum atomic E-state index is 13.5. The minimum atomic E-state index is -3.95. The Morgan fingerprint density at radius 2 is 1.72 bits per heavy atom. The molecule has 0 saturated carbocycles. The maximum Gasteiger partial charge on any atom is 0.267 e. The van der Waals surface area contributed by atoms with E-state index >= 15 is 0 Å². The molecule has 1 aliphatic rings. The van der Waals surface area contributed by atoms with Gasteiger partial charge in [0, 0.05) is 10.7 Å².